The first-order valence-corrected chi connectivity index (χ1v) is 13.3. The van der Waals surface area contributed by atoms with E-state index < -0.39 is 0 Å². The second-order valence-electron chi connectivity index (χ2n) is 10.00. The third-order valence-corrected chi connectivity index (χ3v) is 6.48. The molecule has 0 fully saturated rings. The van der Waals surface area contributed by atoms with Gasteiger partial charge in [-0.1, -0.05) is 38.1 Å². The van der Waals surface area contributed by atoms with Gasteiger partial charge in [-0.25, -0.2) is 4.99 Å². The van der Waals surface area contributed by atoms with Crippen LogP contribution in [0, 0.1) is 0 Å². The average molecular weight is 530 g/mol. The van der Waals surface area contributed by atoms with Crippen molar-refractivity contribution in [1.29, 1.82) is 0 Å². The summed E-state index contributed by atoms with van der Waals surface area (Å²) in [4.78, 5) is 46.8. The van der Waals surface area contributed by atoms with Crippen LogP contribution >= 0.6 is 0 Å². The second-order valence-corrected chi connectivity index (χ2v) is 10.00. The van der Waals surface area contributed by atoms with Crippen molar-refractivity contribution in [2.75, 3.05) is 40.8 Å². The summed E-state index contributed by atoms with van der Waals surface area (Å²) in [7, 11) is 5.25. The van der Waals surface area contributed by atoms with Crippen LogP contribution in [0.2, 0.25) is 0 Å². The maximum Gasteiger partial charge on any atom is 0.250 e. The Morgan fingerprint density at radius 3 is 2.28 bits per heavy atom. The SMILES string of the molecule is CCCN(CCC)C(=O)C1=Cc2ccc(-c3ccc(C=O)c(/C=C\N(C)CC(=O)N(C)C)c3)cc2N=C(N)C1. The zero-order valence-electron chi connectivity index (χ0n) is 23.6. The van der Waals surface area contributed by atoms with Crippen molar-refractivity contribution in [1.82, 2.24) is 14.7 Å². The molecule has 0 bridgehead atoms. The molecule has 0 spiro atoms. The largest absolute Gasteiger partial charge is 0.387 e. The molecule has 2 aromatic rings. The van der Waals surface area contributed by atoms with E-state index in [4.69, 9.17) is 5.73 Å². The summed E-state index contributed by atoms with van der Waals surface area (Å²) in [6.45, 7) is 5.79. The zero-order valence-corrected chi connectivity index (χ0v) is 23.6. The number of amides is 2. The summed E-state index contributed by atoms with van der Waals surface area (Å²) in [6, 6.07) is 11.5. The molecule has 0 aromatic heterocycles. The molecule has 0 saturated heterocycles. The van der Waals surface area contributed by atoms with E-state index in [0.717, 1.165) is 41.4 Å². The Morgan fingerprint density at radius 2 is 1.64 bits per heavy atom. The van der Waals surface area contributed by atoms with Crippen LogP contribution < -0.4 is 5.73 Å². The number of likely N-dealkylation sites (N-methyl/N-ethyl adjacent to an activating group) is 2. The fraction of sp³-hybridized carbons (Fsp3) is 0.355. The number of amidine groups is 1. The summed E-state index contributed by atoms with van der Waals surface area (Å²) >= 11 is 0. The van der Waals surface area contributed by atoms with Crippen molar-refractivity contribution in [3.05, 3.63) is 64.9 Å². The Morgan fingerprint density at radius 1 is 0.974 bits per heavy atom. The van der Waals surface area contributed by atoms with Gasteiger partial charge in [0.15, 0.2) is 6.29 Å². The molecule has 0 unspecified atom stereocenters. The number of nitrogens with two attached hydrogens (primary N) is 1. The molecular formula is C31H39N5O3. The molecule has 0 saturated carbocycles. The Labute approximate surface area is 231 Å². The predicted octanol–water partition coefficient (Wildman–Crippen LogP) is 4.58. The van der Waals surface area contributed by atoms with Gasteiger partial charge in [-0.2, -0.15) is 0 Å². The predicted molar refractivity (Wildman–Crippen MR) is 159 cm³/mol. The summed E-state index contributed by atoms with van der Waals surface area (Å²) in [5.74, 6) is 0.388. The molecule has 2 amide bonds. The number of aliphatic imine (C=N–C) groups is 1. The molecule has 1 heterocycles. The lowest BCUT2D eigenvalue weighted by molar-refractivity contribution is -0.129. The van der Waals surface area contributed by atoms with Crippen molar-refractivity contribution >= 4 is 41.8 Å². The van der Waals surface area contributed by atoms with Crippen LogP contribution in [0.5, 0.6) is 0 Å². The molecule has 0 atom stereocenters. The van der Waals surface area contributed by atoms with Crippen LogP contribution in [-0.4, -0.2) is 79.4 Å². The van der Waals surface area contributed by atoms with Crippen molar-refractivity contribution < 1.29 is 14.4 Å². The standard InChI is InChI=1S/C31H39N5O3/c1-6-13-36(14-7-2)31(39)27-17-25-10-8-23(18-28(25)33-29(32)19-27)22-9-11-26(21-37)24(16-22)12-15-35(5)20-30(38)34(3)4/h8-12,15-18,21H,6-7,13-14,19-20H2,1-5H3,(H2,32,33)/b15-12-. The van der Waals surface area contributed by atoms with Gasteiger partial charge in [0, 0.05) is 57.4 Å². The third kappa shape index (κ3) is 7.66. The van der Waals surface area contributed by atoms with Crippen molar-refractivity contribution in [3.8, 4) is 11.1 Å². The van der Waals surface area contributed by atoms with E-state index in [1.54, 1.807) is 31.3 Å². The fourth-order valence-electron chi connectivity index (χ4n) is 4.39. The minimum atomic E-state index is -0.0151. The molecule has 1 aliphatic heterocycles. The van der Waals surface area contributed by atoms with Gasteiger partial charge in [-0.3, -0.25) is 14.4 Å². The van der Waals surface area contributed by atoms with Crippen molar-refractivity contribution in [2.24, 2.45) is 10.7 Å². The van der Waals surface area contributed by atoms with E-state index in [2.05, 4.69) is 18.8 Å². The fourth-order valence-corrected chi connectivity index (χ4v) is 4.39. The van der Waals surface area contributed by atoms with E-state index in [1.807, 2.05) is 54.4 Å². The van der Waals surface area contributed by atoms with Gasteiger partial charge in [0.05, 0.1) is 12.2 Å². The Kier molecular flexibility index (Phi) is 10.2. The van der Waals surface area contributed by atoms with Gasteiger partial charge in [0.2, 0.25) is 11.8 Å². The van der Waals surface area contributed by atoms with Gasteiger partial charge >= 0.3 is 0 Å². The average Bonchev–Trinajstić information content (AvgIpc) is 3.08. The lowest BCUT2D eigenvalue weighted by atomic mass is 9.97. The topological polar surface area (TPSA) is 99.3 Å². The maximum absolute atomic E-state index is 13.3. The number of nitrogens with zero attached hydrogens (tertiary/aromatic N) is 4. The quantitative estimate of drug-likeness (QED) is 0.430. The molecule has 0 aliphatic carbocycles. The molecular weight excluding hydrogens is 490 g/mol. The molecule has 3 rings (SSSR count). The van der Waals surface area contributed by atoms with Gasteiger partial charge in [0.1, 0.15) is 5.84 Å². The molecule has 8 nitrogen and oxygen atoms in total. The first-order chi connectivity index (χ1) is 18.7. The molecule has 2 aromatic carbocycles. The van der Waals surface area contributed by atoms with Crippen LogP contribution in [0.4, 0.5) is 5.69 Å². The first-order valence-electron chi connectivity index (χ1n) is 13.3. The Bertz CT molecular complexity index is 1300. The number of aldehydes is 1. The number of rotatable bonds is 11. The van der Waals surface area contributed by atoms with E-state index in [0.29, 0.717) is 42.2 Å². The maximum atomic E-state index is 13.3. The summed E-state index contributed by atoms with van der Waals surface area (Å²) in [6.07, 6.45) is 8.44. The van der Waals surface area contributed by atoms with E-state index >= 15 is 0 Å². The molecule has 0 radical (unpaired) electrons. The van der Waals surface area contributed by atoms with Crippen LogP contribution in [0.3, 0.4) is 0 Å². The summed E-state index contributed by atoms with van der Waals surface area (Å²) in [5, 5.41) is 0. The van der Waals surface area contributed by atoms with Crippen LogP contribution in [0.1, 0.15) is 54.6 Å². The second kappa shape index (κ2) is 13.6. The van der Waals surface area contributed by atoms with Crippen LogP contribution in [-0.2, 0) is 9.59 Å². The van der Waals surface area contributed by atoms with Gasteiger partial charge in [0.25, 0.3) is 0 Å². The zero-order chi connectivity index (χ0) is 28.5. The normalized spacial score (nSPS) is 12.7. The molecule has 1 aliphatic rings. The van der Waals surface area contributed by atoms with Gasteiger partial charge < -0.3 is 20.4 Å². The van der Waals surface area contributed by atoms with Crippen LogP contribution in [0.15, 0.2) is 53.2 Å². The molecule has 8 heteroatoms. The number of hydrogen-bond acceptors (Lipinski definition) is 6. The van der Waals surface area contributed by atoms with E-state index in [-0.39, 0.29) is 18.4 Å². The Hall–Kier alpha value is -4.20. The molecule has 206 valence electrons. The lowest BCUT2D eigenvalue weighted by Crippen LogP contribution is -2.34. The molecule has 39 heavy (non-hydrogen) atoms. The van der Waals surface area contributed by atoms with Crippen molar-refractivity contribution in [3.63, 3.8) is 0 Å². The van der Waals surface area contributed by atoms with Crippen molar-refractivity contribution in [2.45, 2.75) is 33.1 Å². The minimum absolute atomic E-state index is 0.00640. The minimum Gasteiger partial charge on any atom is -0.387 e. The monoisotopic (exact) mass is 529 g/mol. The number of carbonyl (C=O) groups is 3. The van der Waals surface area contributed by atoms with Crippen LogP contribution in [0.25, 0.3) is 23.3 Å². The van der Waals surface area contributed by atoms with E-state index in [9.17, 15) is 14.4 Å². The number of carbonyl (C=O) groups excluding carboxylic acids is 3. The summed E-state index contributed by atoms with van der Waals surface area (Å²) in [5.41, 5.74) is 11.5. The third-order valence-electron chi connectivity index (χ3n) is 6.48. The highest BCUT2D eigenvalue weighted by molar-refractivity contribution is 6.05. The smallest absolute Gasteiger partial charge is 0.250 e. The molecule has 2 N–H and O–H groups in total. The highest BCUT2D eigenvalue weighted by Gasteiger charge is 2.21. The number of benzene rings is 2. The summed E-state index contributed by atoms with van der Waals surface area (Å²) < 4.78 is 0. The Balaban J connectivity index is 1.93. The van der Waals surface area contributed by atoms with E-state index in [1.165, 1.54) is 4.90 Å². The van der Waals surface area contributed by atoms with Gasteiger partial charge in [-0.15, -0.1) is 0 Å². The lowest BCUT2D eigenvalue weighted by Gasteiger charge is -2.22. The number of hydrogen-bond donors (Lipinski definition) is 1. The van der Waals surface area contributed by atoms with Gasteiger partial charge in [-0.05, 0) is 60.0 Å². The first kappa shape index (κ1) is 29.4. The highest BCUT2D eigenvalue weighted by Crippen LogP contribution is 2.33. The number of fused-ring (bicyclic) bond motifs is 1. The highest BCUT2D eigenvalue weighted by atomic mass is 16.2.